The predicted molar refractivity (Wildman–Crippen MR) is 98.1 cm³/mol. The maximum absolute atomic E-state index is 13.7. The van der Waals surface area contributed by atoms with Crippen molar-refractivity contribution in [2.45, 2.75) is 19.8 Å². The number of nitro groups is 1. The number of para-hydroxylation sites is 1. The summed E-state index contributed by atoms with van der Waals surface area (Å²) in [7, 11) is 0. The number of carbonyl (C=O) groups is 1. The van der Waals surface area contributed by atoms with Crippen LogP contribution in [0, 0.1) is 21.8 Å². The zero-order chi connectivity index (χ0) is 18.7. The van der Waals surface area contributed by atoms with Gasteiger partial charge in [0, 0.05) is 24.7 Å². The van der Waals surface area contributed by atoms with Gasteiger partial charge in [0.1, 0.15) is 11.5 Å². The third-order valence-electron chi connectivity index (χ3n) is 4.55. The van der Waals surface area contributed by atoms with Crippen LogP contribution in [0.4, 0.5) is 21.5 Å². The Bertz CT molecular complexity index is 841. The van der Waals surface area contributed by atoms with E-state index < -0.39 is 16.6 Å². The highest BCUT2D eigenvalue weighted by molar-refractivity contribution is 6.05. The fourth-order valence-corrected chi connectivity index (χ4v) is 3.24. The van der Waals surface area contributed by atoms with Gasteiger partial charge in [-0.25, -0.2) is 4.39 Å². The van der Waals surface area contributed by atoms with E-state index in [1.807, 2.05) is 4.90 Å². The molecule has 2 aromatic carbocycles. The van der Waals surface area contributed by atoms with Gasteiger partial charge < -0.3 is 10.2 Å². The fourth-order valence-electron chi connectivity index (χ4n) is 3.24. The van der Waals surface area contributed by atoms with E-state index in [-0.39, 0.29) is 16.9 Å². The number of hydrogen-bond acceptors (Lipinski definition) is 4. The molecule has 1 atom stereocenters. The summed E-state index contributed by atoms with van der Waals surface area (Å²) in [4.78, 5) is 25.4. The average Bonchev–Trinajstić information content (AvgIpc) is 2.63. The maximum atomic E-state index is 13.7. The first-order chi connectivity index (χ1) is 12.5. The molecule has 0 aliphatic carbocycles. The Kier molecular flexibility index (Phi) is 5.16. The van der Waals surface area contributed by atoms with E-state index in [1.54, 1.807) is 12.1 Å². The Morgan fingerprint density at radius 3 is 2.77 bits per heavy atom. The summed E-state index contributed by atoms with van der Waals surface area (Å²) in [6, 6.07) is 10.2. The Hall–Kier alpha value is -2.96. The van der Waals surface area contributed by atoms with Gasteiger partial charge in [-0.2, -0.15) is 0 Å². The summed E-state index contributed by atoms with van der Waals surface area (Å²) >= 11 is 0. The molecule has 1 amide bonds. The van der Waals surface area contributed by atoms with Crippen LogP contribution in [0.2, 0.25) is 0 Å². The average molecular weight is 357 g/mol. The largest absolute Gasteiger partial charge is 0.366 e. The first-order valence-corrected chi connectivity index (χ1v) is 8.55. The van der Waals surface area contributed by atoms with Crippen molar-refractivity contribution in [3.05, 3.63) is 64.0 Å². The molecule has 1 N–H and O–H groups in total. The first-order valence-electron chi connectivity index (χ1n) is 8.55. The second kappa shape index (κ2) is 7.51. The number of nitro benzene ring substituents is 1. The van der Waals surface area contributed by atoms with Gasteiger partial charge in [-0.05, 0) is 43.0 Å². The highest BCUT2D eigenvalue weighted by Crippen LogP contribution is 2.32. The number of nitrogens with one attached hydrogen (secondary N) is 1. The molecule has 1 saturated heterocycles. The number of rotatable bonds is 4. The lowest BCUT2D eigenvalue weighted by molar-refractivity contribution is -0.384. The smallest absolute Gasteiger partial charge is 0.293 e. The zero-order valence-corrected chi connectivity index (χ0v) is 14.4. The van der Waals surface area contributed by atoms with Gasteiger partial charge in [0.15, 0.2) is 0 Å². The minimum atomic E-state index is -0.586. The number of piperidine rings is 1. The molecule has 0 aromatic heterocycles. The molecule has 1 aliphatic rings. The Morgan fingerprint density at radius 1 is 1.31 bits per heavy atom. The lowest BCUT2D eigenvalue weighted by Gasteiger charge is -2.32. The third-order valence-corrected chi connectivity index (χ3v) is 4.55. The lowest BCUT2D eigenvalue weighted by Crippen LogP contribution is -2.34. The van der Waals surface area contributed by atoms with E-state index in [4.69, 9.17) is 0 Å². The third kappa shape index (κ3) is 3.82. The number of amides is 1. The van der Waals surface area contributed by atoms with E-state index in [2.05, 4.69) is 12.2 Å². The summed E-state index contributed by atoms with van der Waals surface area (Å²) in [5.74, 6) is -0.682. The summed E-state index contributed by atoms with van der Waals surface area (Å²) in [6.07, 6.45) is 2.08. The van der Waals surface area contributed by atoms with Crippen molar-refractivity contribution in [3.63, 3.8) is 0 Å². The van der Waals surface area contributed by atoms with Crippen molar-refractivity contribution in [3.8, 4) is 0 Å². The van der Waals surface area contributed by atoms with Crippen molar-refractivity contribution >= 4 is 23.0 Å². The Morgan fingerprint density at radius 2 is 2.08 bits per heavy atom. The van der Waals surface area contributed by atoms with Crippen LogP contribution in [-0.2, 0) is 0 Å². The van der Waals surface area contributed by atoms with Gasteiger partial charge in [-0.1, -0.05) is 19.1 Å². The van der Waals surface area contributed by atoms with Crippen LogP contribution in [0.1, 0.15) is 30.1 Å². The first kappa shape index (κ1) is 17.8. The number of carbonyl (C=O) groups excluding carboxylic acids is 1. The van der Waals surface area contributed by atoms with Crippen LogP contribution in [0.5, 0.6) is 0 Å². The van der Waals surface area contributed by atoms with Crippen molar-refractivity contribution in [2.75, 3.05) is 23.3 Å². The summed E-state index contributed by atoms with van der Waals surface area (Å²) < 4.78 is 13.7. The number of benzene rings is 2. The molecule has 1 fully saturated rings. The van der Waals surface area contributed by atoms with Crippen LogP contribution >= 0.6 is 0 Å². The normalized spacial score (nSPS) is 17.0. The highest BCUT2D eigenvalue weighted by Gasteiger charge is 2.25. The lowest BCUT2D eigenvalue weighted by atomic mass is 9.99. The van der Waals surface area contributed by atoms with Crippen LogP contribution in [0.3, 0.4) is 0 Å². The SMILES string of the molecule is CC1CCCN(c2ccc(C(=O)Nc3ccccc3F)cc2[N+](=O)[O-])C1. The molecule has 136 valence electrons. The predicted octanol–water partition coefficient (Wildman–Crippen LogP) is 4.22. The molecule has 1 unspecified atom stereocenters. The molecule has 0 bridgehead atoms. The molecule has 6 nitrogen and oxygen atoms in total. The second-order valence-electron chi connectivity index (χ2n) is 6.59. The minimum Gasteiger partial charge on any atom is -0.366 e. The van der Waals surface area contributed by atoms with E-state index in [0.29, 0.717) is 11.6 Å². The Balaban J connectivity index is 1.87. The molecule has 3 rings (SSSR count). The van der Waals surface area contributed by atoms with Crippen LogP contribution in [0.15, 0.2) is 42.5 Å². The van der Waals surface area contributed by atoms with Crippen molar-refractivity contribution in [1.82, 2.24) is 0 Å². The molecule has 1 aliphatic heterocycles. The number of hydrogen-bond donors (Lipinski definition) is 1. The van der Waals surface area contributed by atoms with Gasteiger partial charge in [-0.15, -0.1) is 0 Å². The van der Waals surface area contributed by atoms with Gasteiger partial charge in [0.2, 0.25) is 0 Å². The quantitative estimate of drug-likeness (QED) is 0.656. The van der Waals surface area contributed by atoms with E-state index in [1.165, 1.54) is 30.3 Å². The minimum absolute atomic E-state index is 0.0362. The summed E-state index contributed by atoms with van der Waals surface area (Å²) in [5.41, 5.74) is 0.562. The van der Waals surface area contributed by atoms with Crippen LogP contribution in [-0.4, -0.2) is 23.9 Å². The molecule has 0 saturated carbocycles. The molecule has 2 aromatic rings. The van der Waals surface area contributed by atoms with Gasteiger partial charge in [-0.3, -0.25) is 14.9 Å². The van der Waals surface area contributed by atoms with Crippen molar-refractivity contribution in [2.24, 2.45) is 5.92 Å². The molecule has 1 heterocycles. The topological polar surface area (TPSA) is 75.5 Å². The summed E-state index contributed by atoms with van der Waals surface area (Å²) in [5, 5.41) is 14.0. The van der Waals surface area contributed by atoms with Crippen molar-refractivity contribution < 1.29 is 14.1 Å². The fraction of sp³-hybridized carbons (Fsp3) is 0.316. The van der Waals surface area contributed by atoms with E-state index in [9.17, 15) is 19.3 Å². The van der Waals surface area contributed by atoms with E-state index in [0.717, 1.165) is 25.9 Å². The molecule has 26 heavy (non-hydrogen) atoms. The summed E-state index contributed by atoms with van der Waals surface area (Å²) in [6.45, 7) is 3.63. The monoisotopic (exact) mass is 357 g/mol. The van der Waals surface area contributed by atoms with E-state index >= 15 is 0 Å². The zero-order valence-electron chi connectivity index (χ0n) is 14.4. The van der Waals surface area contributed by atoms with Gasteiger partial charge in [0.25, 0.3) is 11.6 Å². The molecular formula is C19H20FN3O3. The number of anilines is 2. The van der Waals surface area contributed by atoms with Crippen molar-refractivity contribution in [1.29, 1.82) is 0 Å². The van der Waals surface area contributed by atoms with Gasteiger partial charge in [0.05, 0.1) is 10.6 Å². The van der Waals surface area contributed by atoms with Gasteiger partial charge >= 0.3 is 0 Å². The second-order valence-corrected chi connectivity index (χ2v) is 6.59. The standard InChI is InChI=1S/C19H20FN3O3/c1-13-5-4-10-22(12-13)17-9-8-14(11-18(17)23(25)26)19(24)21-16-7-3-2-6-15(16)20/h2-3,6-9,11,13H,4-5,10,12H2,1H3,(H,21,24). The number of halogens is 1. The molecule has 0 spiro atoms. The molecule has 7 heteroatoms. The van der Waals surface area contributed by atoms with Crippen LogP contribution in [0.25, 0.3) is 0 Å². The maximum Gasteiger partial charge on any atom is 0.293 e. The molecule has 0 radical (unpaired) electrons. The number of nitrogens with zero attached hydrogens (tertiary/aromatic N) is 2. The molecular weight excluding hydrogens is 337 g/mol. The Labute approximate surface area is 150 Å². The highest BCUT2D eigenvalue weighted by atomic mass is 19.1. The van der Waals surface area contributed by atoms with Crippen LogP contribution < -0.4 is 10.2 Å².